The molecule has 1 fully saturated rings. The number of amides is 2. The summed E-state index contributed by atoms with van der Waals surface area (Å²) < 4.78 is 0. The van der Waals surface area contributed by atoms with Gasteiger partial charge in [0.05, 0.1) is 0 Å². The van der Waals surface area contributed by atoms with Gasteiger partial charge in [0.1, 0.15) is 0 Å². The molecule has 1 saturated heterocycles. The highest BCUT2D eigenvalue weighted by molar-refractivity contribution is 6.35. The zero-order valence-electron chi connectivity index (χ0n) is 12.5. The molecule has 0 unspecified atom stereocenters. The number of likely N-dealkylation sites (N-methyl/N-ethyl adjacent to an activating group) is 1. The molecule has 0 radical (unpaired) electrons. The van der Waals surface area contributed by atoms with E-state index in [9.17, 15) is 9.59 Å². The quantitative estimate of drug-likeness (QED) is 0.587. The smallest absolute Gasteiger partial charge is 0.312 e. The standard InChI is InChI=1S/C14H25N3O2/c1-6-16-7-8-17(13(19)12(16)18)10-11(2)9-15-14(3,4)5/h15H,2,6-10H2,1,3-5H3. The first-order valence-electron chi connectivity index (χ1n) is 6.74. The van der Waals surface area contributed by atoms with Crippen LogP contribution in [-0.2, 0) is 9.59 Å². The van der Waals surface area contributed by atoms with Crippen molar-refractivity contribution in [3.8, 4) is 0 Å². The monoisotopic (exact) mass is 267 g/mol. The Bertz CT molecular complexity index is 371. The highest BCUT2D eigenvalue weighted by Gasteiger charge is 2.31. The maximum Gasteiger partial charge on any atom is 0.312 e. The van der Waals surface area contributed by atoms with Gasteiger partial charge in [-0.25, -0.2) is 0 Å². The van der Waals surface area contributed by atoms with Crippen molar-refractivity contribution >= 4 is 11.8 Å². The van der Waals surface area contributed by atoms with Crippen LogP contribution in [0.1, 0.15) is 27.7 Å². The predicted octanol–water partition coefficient (Wildman–Crippen LogP) is 0.621. The van der Waals surface area contributed by atoms with Crippen molar-refractivity contribution in [1.82, 2.24) is 15.1 Å². The Balaban J connectivity index is 2.48. The average Bonchev–Trinajstić information content (AvgIpc) is 2.32. The molecule has 0 aromatic rings. The van der Waals surface area contributed by atoms with Crippen LogP contribution in [0.5, 0.6) is 0 Å². The Morgan fingerprint density at radius 2 is 1.74 bits per heavy atom. The molecule has 0 spiro atoms. The predicted molar refractivity (Wildman–Crippen MR) is 75.7 cm³/mol. The summed E-state index contributed by atoms with van der Waals surface area (Å²) in [7, 11) is 0. The highest BCUT2D eigenvalue weighted by Crippen LogP contribution is 2.08. The van der Waals surface area contributed by atoms with E-state index in [4.69, 9.17) is 0 Å². The van der Waals surface area contributed by atoms with Crippen molar-refractivity contribution in [1.29, 1.82) is 0 Å². The van der Waals surface area contributed by atoms with E-state index in [1.807, 2.05) is 6.92 Å². The number of rotatable bonds is 5. The van der Waals surface area contributed by atoms with Gasteiger partial charge in [0.25, 0.3) is 0 Å². The number of carbonyl (C=O) groups is 2. The lowest BCUT2D eigenvalue weighted by molar-refractivity contribution is -0.155. The summed E-state index contributed by atoms with van der Waals surface area (Å²) in [5, 5.41) is 3.32. The van der Waals surface area contributed by atoms with Gasteiger partial charge in [0.2, 0.25) is 0 Å². The second-order valence-corrected chi connectivity index (χ2v) is 5.97. The molecule has 2 amide bonds. The fourth-order valence-corrected chi connectivity index (χ4v) is 1.88. The van der Waals surface area contributed by atoms with Gasteiger partial charge in [-0.05, 0) is 33.3 Å². The molecule has 1 aliphatic rings. The summed E-state index contributed by atoms with van der Waals surface area (Å²) in [6.07, 6.45) is 0. The summed E-state index contributed by atoms with van der Waals surface area (Å²) >= 11 is 0. The lowest BCUT2D eigenvalue weighted by atomic mass is 10.1. The van der Waals surface area contributed by atoms with Crippen LogP contribution in [0.25, 0.3) is 0 Å². The van der Waals surface area contributed by atoms with E-state index < -0.39 is 11.8 Å². The van der Waals surface area contributed by atoms with Crippen LogP contribution < -0.4 is 5.32 Å². The molecule has 1 rings (SSSR count). The Labute approximate surface area is 115 Å². The van der Waals surface area contributed by atoms with Crippen LogP contribution >= 0.6 is 0 Å². The molecule has 1 N–H and O–H groups in total. The van der Waals surface area contributed by atoms with E-state index in [2.05, 4.69) is 32.7 Å². The maximum atomic E-state index is 11.9. The summed E-state index contributed by atoms with van der Waals surface area (Å²) in [5.74, 6) is -0.810. The zero-order chi connectivity index (χ0) is 14.6. The largest absolute Gasteiger partial charge is 0.333 e. The van der Waals surface area contributed by atoms with Gasteiger partial charge in [0, 0.05) is 38.3 Å². The van der Waals surface area contributed by atoms with Gasteiger partial charge >= 0.3 is 11.8 Å². The van der Waals surface area contributed by atoms with Crippen LogP contribution in [0.3, 0.4) is 0 Å². The number of hydrogen-bond donors (Lipinski definition) is 1. The third-order valence-electron chi connectivity index (χ3n) is 3.06. The van der Waals surface area contributed by atoms with Crippen molar-refractivity contribution in [2.24, 2.45) is 0 Å². The minimum Gasteiger partial charge on any atom is -0.333 e. The first-order valence-corrected chi connectivity index (χ1v) is 6.74. The first-order chi connectivity index (χ1) is 8.74. The third kappa shape index (κ3) is 4.67. The Kier molecular flexibility index (Phi) is 5.11. The summed E-state index contributed by atoms with van der Waals surface area (Å²) in [6.45, 7) is 15.0. The van der Waals surface area contributed by atoms with Gasteiger partial charge < -0.3 is 15.1 Å². The van der Waals surface area contributed by atoms with Gasteiger partial charge in [-0.15, -0.1) is 0 Å². The molecule has 5 nitrogen and oxygen atoms in total. The molecule has 5 heteroatoms. The summed E-state index contributed by atoms with van der Waals surface area (Å²) in [6, 6.07) is 0. The Morgan fingerprint density at radius 1 is 1.21 bits per heavy atom. The molecular formula is C14H25N3O2. The molecule has 19 heavy (non-hydrogen) atoms. The summed E-state index contributed by atoms with van der Waals surface area (Å²) in [5.41, 5.74) is 0.935. The molecule has 108 valence electrons. The molecule has 0 aliphatic carbocycles. The molecular weight excluding hydrogens is 242 g/mol. The number of nitrogens with one attached hydrogen (secondary N) is 1. The first kappa shape index (κ1) is 15.7. The maximum absolute atomic E-state index is 11.9. The highest BCUT2D eigenvalue weighted by atomic mass is 16.2. The number of piperazine rings is 1. The molecule has 0 aromatic carbocycles. The van der Waals surface area contributed by atoms with Gasteiger partial charge in [-0.2, -0.15) is 0 Å². The SMILES string of the molecule is C=C(CNC(C)(C)C)CN1CCN(CC)C(=O)C1=O. The lowest BCUT2D eigenvalue weighted by Gasteiger charge is -2.33. The van der Waals surface area contributed by atoms with Crippen molar-refractivity contribution in [2.75, 3.05) is 32.7 Å². The van der Waals surface area contributed by atoms with Crippen LogP contribution in [0.2, 0.25) is 0 Å². The minimum absolute atomic E-state index is 0.0175. The van der Waals surface area contributed by atoms with Crippen LogP contribution in [0.4, 0.5) is 0 Å². The third-order valence-corrected chi connectivity index (χ3v) is 3.06. The van der Waals surface area contributed by atoms with Crippen molar-refractivity contribution in [3.63, 3.8) is 0 Å². The number of hydrogen-bond acceptors (Lipinski definition) is 3. The van der Waals surface area contributed by atoms with Crippen molar-refractivity contribution in [3.05, 3.63) is 12.2 Å². The fourth-order valence-electron chi connectivity index (χ4n) is 1.88. The van der Waals surface area contributed by atoms with Crippen molar-refractivity contribution in [2.45, 2.75) is 33.2 Å². The van der Waals surface area contributed by atoms with E-state index in [-0.39, 0.29) is 5.54 Å². The molecule has 0 saturated carbocycles. The van der Waals surface area contributed by atoms with E-state index in [0.29, 0.717) is 32.7 Å². The van der Waals surface area contributed by atoms with Gasteiger partial charge in [0.15, 0.2) is 0 Å². The van der Waals surface area contributed by atoms with E-state index in [0.717, 1.165) is 5.57 Å². The van der Waals surface area contributed by atoms with Crippen molar-refractivity contribution < 1.29 is 9.59 Å². The van der Waals surface area contributed by atoms with E-state index >= 15 is 0 Å². The zero-order valence-corrected chi connectivity index (χ0v) is 12.5. The Hall–Kier alpha value is -1.36. The van der Waals surface area contributed by atoms with Gasteiger partial charge in [-0.1, -0.05) is 6.58 Å². The fraction of sp³-hybridized carbons (Fsp3) is 0.714. The molecule has 0 atom stereocenters. The van der Waals surface area contributed by atoms with E-state index in [1.54, 1.807) is 9.80 Å². The number of nitrogens with zero attached hydrogens (tertiary/aromatic N) is 2. The van der Waals surface area contributed by atoms with Crippen LogP contribution in [0, 0.1) is 0 Å². The molecule has 0 bridgehead atoms. The lowest BCUT2D eigenvalue weighted by Crippen LogP contribution is -2.54. The Morgan fingerprint density at radius 3 is 2.26 bits per heavy atom. The van der Waals surface area contributed by atoms with Crippen LogP contribution in [-0.4, -0.2) is 59.9 Å². The topological polar surface area (TPSA) is 52.6 Å². The van der Waals surface area contributed by atoms with Crippen LogP contribution in [0.15, 0.2) is 12.2 Å². The molecule has 1 heterocycles. The van der Waals surface area contributed by atoms with Gasteiger partial charge in [-0.3, -0.25) is 9.59 Å². The molecule has 0 aromatic heterocycles. The van der Waals surface area contributed by atoms with E-state index in [1.165, 1.54) is 0 Å². The number of carbonyl (C=O) groups excluding carboxylic acids is 2. The average molecular weight is 267 g/mol. The normalized spacial score (nSPS) is 17.1. The molecule has 1 aliphatic heterocycles. The minimum atomic E-state index is -0.412. The second kappa shape index (κ2) is 6.19. The second-order valence-electron chi connectivity index (χ2n) is 5.97. The summed E-state index contributed by atoms with van der Waals surface area (Å²) in [4.78, 5) is 26.8.